The van der Waals surface area contributed by atoms with Crippen molar-refractivity contribution in [3.05, 3.63) is 94.2 Å². The van der Waals surface area contributed by atoms with Gasteiger partial charge in [-0.15, -0.1) is 0 Å². The SMILES string of the molecule is O=C(CSc1nc2cc(C(=O)NCc3ccco3)ccc2c(=O)n1C1CCCCC1)c1ccccc1. The molecule has 1 N–H and O–H groups in total. The fourth-order valence-corrected chi connectivity index (χ4v) is 5.56. The zero-order valence-corrected chi connectivity index (χ0v) is 20.6. The van der Waals surface area contributed by atoms with Crippen molar-refractivity contribution in [2.24, 2.45) is 0 Å². The Kier molecular flexibility index (Phi) is 7.32. The molecule has 1 aliphatic rings. The van der Waals surface area contributed by atoms with E-state index in [1.165, 1.54) is 11.8 Å². The molecule has 0 bridgehead atoms. The van der Waals surface area contributed by atoms with Crippen LogP contribution in [0.4, 0.5) is 0 Å². The number of amides is 1. The van der Waals surface area contributed by atoms with E-state index in [0.29, 0.717) is 32.9 Å². The molecule has 4 aromatic rings. The number of nitrogens with one attached hydrogen (secondary N) is 1. The number of rotatable bonds is 8. The number of fused-ring (bicyclic) bond motifs is 1. The van der Waals surface area contributed by atoms with Gasteiger partial charge in [0.1, 0.15) is 5.76 Å². The van der Waals surface area contributed by atoms with E-state index in [9.17, 15) is 14.4 Å². The molecule has 1 fully saturated rings. The Hall–Kier alpha value is -3.65. The number of Topliss-reactive ketones (excluding diaryl/α,β-unsaturated/α-hetero) is 1. The molecule has 0 spiro atoms. The number of carbonyl (C=O) groups is 2. The molecule has 36 heavy (non-hydrogen) atoms. The summed E-state index contributed by atoms with van der Waals surface area (Å²) >= 11 is 1.28. The predicted octanol–water partition coefficient (Wildman–Crippen LogP) is 5.40. The fraction of sp³-hybridized carbons (Fsp3) is 0.286. The minimum atomic E-state index is -0.278. The lowest BCUT2D eigenvalue weighted by Gasteiger charge is -2.26. The Bertz CT molecular complexity index is 1420. The maximum absolute atomic E-state index is 13.6. The van der Waals surface area contributed by atoms with Gasteiger partial charge in [-0.2, -0.15) is 0 Å². The largest absolute Gasteiger partial charge is 0.467 e. The van der Waals surface area contributed by atoms with E-state index in [-0.39, 0.29) is 35.6 Å². The monoisotopic (exact) mass is 501 g/mol. The van der Waals surface area contributed by atoms with Crippen LogP contribution in [0.2, 0.25) is 0 Å². The zero-order valence-electron chi connectivity index (χ0n) is 19.8. The van der Waals surface area contributed by atoms with Gasteiger partial charge in [0.25, 0.3) is 11.5 Å². The third-order valence-corrected chi connectivity index (χ3v) is 7.46. The summed E-state index contributed by atoms with van der Waals surface area (Å²) in [6.07, 6.45) is 6.69. The van der Waals surface area contributed by atoms with E-state index in [0.717, 1.165) is 32.1 Å². The van der Waals surface area contributed by atoms with Crippen LogP contribution in [0.15, 0.2) is 81.3 Å². The molecule has 0 unspecified atom stereocenters. The molecule has 2 aromatic heterocycles. The highest BCUT2D eigenvalue weighted by Gasteiger charge is 2.23. The van der Waals surface area contributed by atoms with Crippen LogP contribution in [0.3, 0.4) is 0 Å². The highest BCUT2D eigenvalue weighted by atomic mass is 32.2. The van der Waals surface area contributed by atoms with Gasteiger partial charge in [0.05, 0.1) is 29.5 Å². The van der Waals surface area contributed by atoms with Crippen molar-refractivity contribution in [1.82, 2.24) is 14.9 Å². The van der Waals surface area contributed by atoms with Gasteiger partial charge in [0.15, 0.2) is 10.9 Å². The second-order valence-electron chi connectivity index (χ2n) is 8.93. The van der Waals surface area contributed by atoms with Crippen LogP contribution in [0.1, 0.15) is 64.6 Å². The van der Waals surface area contributed by atoms with Crippen molar-refractivity contribution >= 4 is 34.4 Å². The van der Waals surface area contributed by atoms with Crippen LogP contribution in [0, 0.1) is 0 Å². The van der Waals surface area contributed by atoms with E-state index in [2.05, 4.69) is 5.32 Å². The molecule has 1 amide bonds. The lowest BCUT2D eigenvalue weighted by atomic mass is 9.95. The maximum atomic E-state index is 13.6. The van der Waals surface area contributed by atoms with Crippen LogP contribution in [0.25, 0.3) is 10.9 Å². The molecule has 7 nitrogen and oxygen atoms in total. The highest BCUT2D eigenvalue weighted by Crippen LogP contribution is 2.31. The molecule has 2 aromatic carbocycles. The van der Waals surface area contributed by atoms with Crippen LogP contribution in [0.5, 0.6) is 0 Å². The first kappa shape index (κ1) is 24.1. The van der Waals surface area contributed by atoms with Gasteiger partial charge >= 0.3 is 0 Å². The molecule has 5 rings (SSSR count). The lowest BCUT2D eigenvalue weighted by Crippen LogP contribution is -2.29. The Morgan fingerprint density at radius 1 is 1.00 bits per heavy atom. The topological polar surface area (TPSA) is 94.2 Å². The first-order valence-corrected chi connectivity index (χ1v) is 13.2. The van der Waals surface area contributed by atoms with Crippen LogP contribution >= 0.6 is 11.8 Å². The van der Waals surface area contributed by atoms with Crippen LogP contribution in [-0.4, -0.2) is 27.0 Å². The van der Waals surface area contributed by atoms with Crippen molar-refractivity contribution in [3.63, 3.8) is 0 Å². The quantitative estimate of drug-likeness (QED) is 0.197. The Labute approximate surface area is 212 Å². The fourth-order valence-electron chi connectivity index (χ4n) is 4.60. The molecule has 184 valence electrons. The molecule has 0 aliphatic heterocycles. The third kappa shape index (κ3) is 5.28. The number of hydrogen-bond donors (Lipinski definition) is 1. The molecule has 0 atom stereocenters. The van der Waals surface area contributed by atoms with Gasteiger partial charge in [-0.05, 0) is 43.2 Å². The van der Waals surface area contributed by atoms with E-state index in [4.69, 9.17) is 9.40 Å². The molecule has 0 saturated heterocycles. The molecule has 0 radical (unpaired) electrons. The summed E-state index contributed by atoms with van der Waals surface area (Å²) in [5, 5.41) is 3.82. The maximum Gasteiger partial charge on any atom is 0.262 e. The summed E-state index contributed by atoms with van der Waals surface area (Å²) in [5.74, 6) is 0.536. The third-order valence-electron chi connectivity index (χ3n) is 6.50. The van der Waals surface area contributed by atoms with Crippen molar-refractivity contribution in [2.45, 2.75) is 49.8 Å². The molecule has 8 heteroatoms. The highest BCUT2D eigenvalue weighted by molar-refractivity contribution is 7.99. The summed E-state index contributed by atoms with van der Waals surface area (Å²) in [5.41, 5.74) is 1.37. The number of hydrogen-bond acceptors (Lipinski definition) is 6. The summed E-state index contributed by atoms with van der Waals surface area (Å²) < 4.78 is 7.05. The van der Waals surface area contributed by atoms with Crippen molar-refractivity contribution in [1.29, 1.82) is 0 Å². The Morgan fingerprint density at radius 2 is 1.81 bits per heavy atom. The zero-order chi connectivity index (χ0) is 24.9. The van der Waals surface area contributed by atoms with Crippen molar-refractivity contribution in [2.75, 3.05) is 5.75 Å². The molecule has 2 heterocycles. The van der Waals surface area contributed by atoms with Crippen molar-refractivity contribution in [3.8, 4) is 0 Å². The number of nitrogens with zero attached hydrogens (tertiary/aromatic N) is 2. The molecule has 1 saturated carbocycles. The smallest absolute Gasteiger partial charge is 0.262 e. The minimum absolute atomic E-state index is 0.0174. The van der Waals surface area contributed by atoms with E-state index >= 15 is 0 Å². The summed E-state index contributed by atoms with van der Waals surface area (Å²) in [6.45, 7) is 0.267. The van der Waals surface area contributed by atoms with Crippen molar-refractivity contribution < 1.29 is 14.0 Å². The van der Waals surface area contributed by atoms with E-state index in [1.807, 2.05) is 18.2 Å². The summed E-state index contributed by atoms with van der Waals surface area (Å²) in [6, 6.07) is 17.7. The summed E-state index contributed by atoms with van der Waals surface area (Å²) in [4.78, 5) is 43.9. The second-order valence-corrected chi connectivity index (χ2v) is 9.88. The van der Waals surface area contributed by atoms with Gasteiger partial charge in [-0.1, -0.05) is 61.4 Å². The van der Waals surface area contributed by atoms with Crippen LogP contribution < -0.4 is 10.9 Å². The Balaban J connectivity index is 1.46. The van der Waals surface area contributed by atoms with E-state index in [1.54, 1.807) is 53.3 Å². The average Bonchev–Trinajstić information content (AvgIpc) is 3.45. The minimum Gasteiger partial charge on any atom is -0.467 e. The molecular weight excluding hydrogens is 474 g/mol. The molecular formula is C28H27N3O4S. The van der Waals surface area contributed by atoms with Crippen LogP contribution in [-0.2, 0) is 6.54 Å². The Morgan fingerprint density at radius 3 is 2.56 bits per heavy atom. The molecule has 1 aliphatic carbocycles. The normalized spacial score (nSPS) is 14.1. The number of thioether (sulfide) groups is 1. The first-order chi connectivity index (χ1) is 17.6. The second kappa shape index (κ2) is 11.0. The number of carbonyl (C=O) groups excluding carboxylic acids is 2. The number of furan rings is 1. The first-order valence-electron chi connectivity index (χ1n) is 12.2. The lowest BCUT2D eigenvalue weighted by molar-refractivity contribution is 0.0947. The van der Waals surface area contributed by atoms with Gasteiger partial charge < -0.3 is 9.73 Å². The van der Waals surface area contributed by atoms with E-state index < -0.39 is 0 Å². The number of aromatic nitrogens is 2. The summed E-state index contributed by atoms with van der Waals surface area (Å²) in [7, 11) is 0. The number of benzene rings is 2. The average molecular weight is 502 g/mol. The van der Waals surface area contributed by atoms with Gasteiger partial charge in [-0.25, -0.2) is 4.98 Å². The number of ketones is 1. The van der Waals surface area contributed by atoms with Gasteiger partial charge in [0, 0.05) is 17.2 Å². The standard InChI is InChI=1S/C28H27N3O4S/c32-25(19-8-3-1-4-9-19)18-36-28-30-24-16-20(26(33)29-17-22-12-7-15-35-22)13-14-23(24)27(34)31(28)21-10-5-2-6-11-21/h1,3-4,7-9,12-16,21H,2,5-6,10-11,17-18H2,(H,29,33). The van der Waals surface area contributed by atoms with Gasteiger partial charge in [-0.3, -0.25) is 19.0 Å². The van der Waals surface area contributed by atoms with Gasteiger partial charge in [0.2, 0.25) is 0 Å². The predicted molar refractivity (Wildman–Crippen MR) is 139 cm³/mol.